The molecule has 2 aromatic heterocycles. The Balaban J connectivity index is 1.85. The van der Waals surface area contributed by atoms with E-state index < -0.39 is 6.10 Å². The lowest BCUT2D eigenvalue weighted by Crippen LogP contribution is -2.37. The number of methoxy groups -OCH3 is 1. The van der Waals surface area contributed by atoms with Crippen molar-refractivity contribution in [1.29, 1.82) is 0 Å². The third kappa shape index (κ3) is 3.27. The Morgan fingerprint density at radius 2 is 1.62 bits per heavy atom. The zero-order valence-electron chi connectivity index (χ0n) is 21.4. The highest BCUT2D eigenvalue weighted by Gasteiger charge is 2.36. The minimum absolute atomic E-state index is 0.332. The molecule has 6 rings (SSSR count). The van der Waals surface area contributed by atoms with Gasteiger partial charge in [0.1, 0.15) is 11.5 Å². The average Bonchev–Trinajstić information content (AvgIpc) is 3.27. The number of rotatable bonds is 3. The van der Waals surface area contributed by atoms with E-state index in [1.165, 1.54) is 11.6 Å². The zero-order valence-corrected chi connectivity index (χ0v) is 21.4. The Morgan fingerprint density at radius 3 is 2.32 bits per heavy atom. The zero-order chi connectivity index (χ0) is 26.0. The fourth-order valence-electron chi connectivity index (χ4n) is 5.37. The van der Waals surface area contributed by atoms with Crippen LogP contribution in [0.25, 0.3) is 27.8 Å². The van der Waals surface area contributed by atoms with Crippen LogP contribution in [-0.2, 0) is 14.1 Å². The fraction of sp³-hybridized carbons (Fsp3) is 0.200. The van der Waals surface area contributed by atoms with Crippen LogP contribution in [0.2, 0.25) is 0 Å². The van der Waals surface area contributed by atoms with Crippen LogP contribution in [0.3, 0.4) is 0 Å². The third-order valence-corrected chi connectivity index (χ3v) is 7.28. The monoisotopic (exact) mass is 493 g/mol. The molecule has 0 fully saturated rings. The first-order valence-electron chi connectivity index (χ1n) is 12.1. The minimum atomic E-state index is -0.556. The van der Waals surface area contributed by atoms with Gasteiger partial charge in [-0.1, -0.05) is 42.5 Å². The molecule has 186 valence electrons. The maximum atomic E-state index is 13.8. The molecule has 0 unspecified atom stereocenters. The third-order valence-electron chi connectivity index (χ3n) is 7.28. The summed E-state index contributed by atoms with van der Waals surface area (Å²) in [5.74, 6) is 1.44. The molecule has 0 radical (unpaired) electrons. The largest absolute Gasteiger partial charge is 0.497 e. The van der Waals surface area contributed by atoms with Gasteiger partial charge in [0.05, 0.1) is 35.1 Å². The van der Waals surface area contributed by atoms with Gasteiger partial charge in [0.25, 0.3) is 5.56 Å². The quantitative estimate of drug-likeness (QED) is 0.362. The molecule has 0 bridgehead atoms. The number of hydrogen-bond acceptors (Lipinski definition) is 4. The Bertz CT molecular complexity index is 1820. The highest BCUT2D eigenvalue weighted by molar-refractivity contribution is 5.99. The normalized spacial score (nSPS) is 14.2. The minimum Gasteiger partial charge on any atom is -0.497 e. The Morgan fingerprint density at radius 1 is 0.892 bits per heavy atom. The standard InChI is InChI=1S/C30H27N3O4/c1-17-10-15-23-22(16-17)33-25(21-9-7-6-8-18(21)2)24-26(31(3)30(35)32(4)29(24)34)27(33)28(37-23)19-11-13-20(36-5)14-12-19/h6-16,28H,1-5H3/t28-/m0/s1. The van der Waals surface area contributed by atoms with Crippen molar-refractivity contribution >= 4 is 10.9 Å². The van der Waals surface area contributed by atoms with Gasteiger partial charge in [0, 0.05) is 19.7 Å². The van der Waals surface area contributed by atoms with E-state index in [9.17, 15) is 9.59 Å². The van der Waals surface area contributed by atoms with Crippen LogP contribution >= 0.6 is 0 Å². The van der Waals surface area contributed by atoms with Gasteiger partial charge >= 0.3 is 5.69 Å². The second kappa shape index (κ2) is 8.27. The lowest BCUT2D eigenvalue weighted by Gasteiger charge is -2.30. The van der Waals surface area contributed by atoms with Gasteiger partial charge in [0.2, 0.25) is 0 Å². The van der Waals surface area contributed by atoms with Crippen LogP contribution in [0.4, 0.5) is 0 Å². The predicted molar refractivity (Wildman–Crippen MR) is 144 cm³/mol. The van der Waals surface area contributed by atoms with Crippen molar-refractivity contribution in [3.05, 3.63) is 110 Å². The van der Waals surface area contributed by atoms with Crippen molar-refractivity contribution in [2.75, 3.05) is 7.11 Å². The average molecular weight is 494 g/mol. The molecule has 0 N–H and O–H groups in total. The molecule has 1 aliphatic heterocycles. The van der Waals surface area contributed by atoms with Gasteiger partial charge in [-0.25, -0.2) is 4.79 Å². The second-order valence-electron chi connectivity index (χ2n) is 9.56. The SMILES string of the molecule is COc1ccc([C@@H]2Oc3ccc(C)cc3-n3c(-c4ccccc4C)c4c(=O)n(C)c(=O)n(C)c4c32)cc1. The predicted octanol–water partition coefficient (Wildman–Crippen LogP) is 4.80. The lowest BCUT2D eigenvalue weighted by molar-refractivity contribution is 0.229. The highest BCUT2D eigenvalue weighted by Crippen LogP contribution is 2.47. The fourth-order valence-corrected chi connectivity index (χ4v) is 5.37. The number of fused-ring (bicyclic) bond motifs is 5. The van der Waals surface area contributed by atoms with E-state index in [2.05, 4.69) is 10.6 Å². The summed E-state index contributed by atoms with van der Waals surface area (Å²) < 4.78 is 16.9. The molecular weight excluding hydrogens is 466 g/mol. The van der Waals surface area contributed by atoms with E-state index in [0.29, 0.717) is 16.7 Å². The van der Waals surface area contributed by atoms with Crippen molar-refractivity contribution in [2.45, 2.75) is 20.0 Å². The summed E-state index contributed by atoms with van der Waals surface area (Å²) in [5.41, 5.74) is 6.10. The van der Waals surface area contributed by atoms with Crippen molar-refractivity contribution in [1.82, 2.24) is 13.7 Å². The summed E-state index contributed by atoms with van der Waals surface area (Å²) in [6, 6.07) is 21.7. The van der Waals surface area contributed by atoms with Gasteiger partial charge in [0.15, 0.2) is 6.10 Å². The number of aryl methyl sites for hydroxylation is 3. The first-order chi connectivity index (χ1) is 17.8. The summed E-state index contributed by atoms with van der Waals surface area (Å²) in [6.07, 6.45) is -0.556. The molecule has 5 aromatic rings. The van der Waals surface area contributed by atoms with Gasteiger partial charge in [-0.05, 0) is 54.8 Å². The van der Waals surface area contributed by atoms with E-state index in [1.54, 1.807) is 18.7 Å². The molecule has 3 aromatic carbocycles. The summed E-state index contributed by atoms with van der Waals surface area (Å²) in [6.45, 7) is 4.06. The Hall–Kier alpha value is -4.52. The Kier molecular flexibility index (Phi) is 5.12. The summed E-state index contributed by atoms with van der Waals surface area (Å²) in [5, 5.41) is 0.491. The molecule has 0 saturated carbocycles. The van der Waals surface area contributed by atoms with Crippen LogP contribution in [-0.4, -0.2) is 20.8 Å². The summed E-state index contributed by atoms with van der Waals surface area (Å²) >= 11 is 0. The van der Waals surface area contributed by atoms with Crippen LogP contribution in [0.15, 0.2) is 76.3 Å². The van der Waals surface area contributed by atoms with Crippen LogP contribution in [0.1, 0.15) is 28.5 Å². The topological polar surface area (TPSA) is 67.4 Å². The first-order valence-corrected chi connectivity index (χ1v) is 12.1. The van der Waals surface area contributed by atoms with Crippen molar-refractivity contribution < 1.29 is 9.47 Å². The number of ether oxygens (including phenoxy) is 2. The summed E-state index contributed by atoms with van der Waals surface area (Å²) in [7, 11) is 4.87. The van der Waals surface area contributed by atoms with Gasteiger partial charge in [-0.15, -0.1) is 0 Å². The van der Waals surface area contributed by atoms with E-state index in [0.717, 1.165) is 45.1 Å². The van der Waals surface area contributed by atoms with Crippen LogP contribution < -0.4 is 20.7 Å². The second-order valence-corrected chi connectivity index (χ2v) is 9.56. The molecule has 0 amide bonds. The molecule has 1 aliphatic rings. The number of hydrogen-bond donors (Lipinski definition) is 0. The first kappa shape index (κ1) is 22.9. The lowest BCUT2D eigenvalue weighted by atomic mass is 10.0. The van der Waals surface area contributed by atoms with Crippen molar-refractivity contribution in [2.24, 2.45) is 14.1 Å². The van der Waals surface area contributed by atoms with Crippen molar-refractivity contribution in [3.63, 3.8) is 0 Å². The molecule has 0 saturated heterocycles. The molecule has 0 spiro atoms. The van der Waals surface area contributed by atoms with E-state index in [-0.39, 0.29) is 11.2 Å². The molecule has 3 heterocycles. The Labute approximate surface area is 213 Å². The van der Waals surface area contributed by atoms with Gasteiger partial charge < -0.3 is 14.0 Å². The van der Waals surface area contributed by atoms with E-state index >= 15 is 0 Å². The number of nitrogens with zero attached hydrogens (tertiary/aromatic N) is 3. The summed E-state index contributed by atoms with van der Waals surface area (Å²) in [4.78, 5) is 27.0. The maximum absolute atomic E-state index is 13.8. The van der Waals surface area contributed by atoms with E-state index in [1.807, 2.05) is 74.5 Å². The molecule has 1 atom stereocenters. The highest BCUT2D eigenvalue weighted by atomic mass is 16.5. The molecule has 7 nitrogen and oxygen atoms in total. The number of aromatic nitrogens is 3. The molecular formula is C30H27N3O4. The van der Waals surface area contributed by atoms with E-state index in [4.69, 9.17) is 9.47 Å². The molecule has 0 aliphatic carbocycles. The molecule has 37 heavy (non-hydrogen) atoms. The molecule has 7 heteroatoms. The van der Waals surface area contributed by atoms with Gasteiger partial charge in [-0.3, -0.25) is 13.9 Å². The van der Waals surface area contributed by atoms with Crippen LogP contribution in [0, 0.1) is 13.8 Å². The van der Waals surface area contributed by atoms with Crippen LogP contribution in [0.5, 0.6) is 11.5 Å². The van der Waals surface area contributed by atoms with Crippen molar-refractivity contribution in [3.8, 4) is 28.4 Å². The van der Waals surface area contributed by atoms with Gasteiger partial charge in [-0.2, -0.15) is 0 Å². The maximum Gasteiger partial charge on any atom is 0.331 e. The smallest absolute Gasteiger partial charge is 0.331 e. The number of benzene rings is 3.